The van der Waals surface area contributed by atoms with Crippen molar-refractivity contribution in [2.75, 3.05) is 12.8 Å². The average Bonchev–Trinajstić information content (AvgIpc) is 3.06. The Morgan fingerprint density at radius 2 is 1.86 bits per heavy atom. The Labute approximate surface area is 156 Å². The summed E-state index contributed by atoms with van der Waals surface area (Å²) >= 11 is 0. The number of rotatable bonds is 3. The van der Waals surface area contributed by atoms with Crippen molar-refractivity contribution in [3.63, 3.8) is 0 Å². The van der Waals surface area contributed by atoms with Crippen molar-refractivity contribution in [3.05, 3.63) is 54.2 Å². The molecule has 0 saturated carbocycles. The van der Waals surface area contributed by atoms with Gasteiger partial charge in [0.05, 0.1) is 35.6 Å². The van der Waals surface area contributed by atoms with Crippen molar-refractivity contribution in [1.82, 2.24) is 24.7 Å². The summed E-state index contributed by atoms with van der Waals surface area (Å²) in [6, 6.07) is 9.82. The van der Waals surface area contributed by atoms with Gasteiger partial charge in [0, 0.05) is 6.07 Å². The van der Waals surface area contributed by atoms with E-state index >= 15 is 0 Å². The maximum absolute atomic E-state index is 13.1. The molecule has 3 aromatic heterocycles. The number of hydrogen-bond acceptors (Lipinski definition) is 6. The lowest BCUT2D eigenvalue weighted by molar-refractivity contribution is -0.137. The molecule has 0 aliphatic rings. The quantitative estimate of drug-likeness (QED) is 0.580. The maximum atomic E-state index is 13.1. The van der Waals surface area contributed by atoms with Gasteiger partial charge in [-0.15, -0.1) is 10.2 Å². The second-order valence-corrected chi connectivity index (χ2v) is 5.88. The van der Waals surface area contributed by atoms with E-state index in [9.17, 15) is 13.2 Å². The van der Waals surface area contributed by atoms with Crippen LogP contribution in [0.25, 0.3) is 28.4 Å². The second-order valence-electron chi connectivity index (χ2n) is 5.88. The van der Waals surface area contributed by atoms with Crippen molar-refractivity contribution in [2.24, 2.45) is 0 Å². The summed E-state index contributed by atoms with van der Waals surface area (Å²) in [6.07, 6.45) is -3.03. The van der Waals surface area contributed by atoms with Crippen molar-refractivity contribution < 1.29 is 17.9 Å². The Morgan fingerprint density at radius 3 is 2.46 bits per heavy atom. The Hall–Kier alpha value is -3.69. The molecule has 3 heterocycles. The molecule has 0 spiro atoms. The van der Waals surface area contributed by atoms with Crippen LogP contribution in [-0.2, 0) is 6.18 Å². The zero-order valence-corrected chi connectivity index (χ0v) is 14.5. The summed E-state index contributed by atoms with van der Waals surface area (Å²) in [5.41, 5.74) is 6.35. The first-order valence-corrected chi connectivity index (χ1v) is 8.06. The van der Waals surface area contributed by atoms with Crippen molar-refractivity contribution in [3.8, 4) is 23.2 Å². The van der Waals surface area contributed by atoms with Crippen LogP contribution in [0.2, 0.25) is 0 Å². The third kappa shape index (κ3) is 3.08. The molecule has 142 valence electrons. The molecule has 2 N–H and O–H groups in total. The van der Waals surface area contributed by atoms with Gasteiger partial charge in [-0.3, -0.25) is 9.55 Å². The van der Waals surface area contributed by atoms with Gasteiger partial charge in [-0.05, 0) is 36.4 Å². The number of fused-ring (bicyclic) bond motifs is 1. The smallest absolute Gasteiger partial charge is 0.416 e. The van der Waals surface area contributed by atoms with Crippen LogP contribution in [0.3, 0.4) is 0 Å². The molecule has 0 atom stereocenters. The first-order chi connectivity index (χ1) is 13.4. The van der Waals surface area contributed by atoms with Gasteiger partial charge in [0.25, 0.3) is 0 Å². The monoisotopic (exact) mass is 386 g/mol. The minimum absolute atomic E-state index is 0.154. The van der Waals surface area contributed by atoms with Gasteiger partial charge >= 0.3 is 6.18 Å². The van der Waals surface area contributed by atoms with E-state index in [2.05, 4.69) is 20.2 Å². The zero-order chi connectivity index (χ0) is 19.9. The van der Waals surface area contributed by atoms with E-state index in [4.69, 9.17) is 10.5 Å². The van der Waals surface area contributed by atoms with Crippen LogP contribution in [-0.4, -0.2) is 31.8 Å². The molecular weight excluding hydrogens is 373 g/mol. The second kappa shape index (κ2) is 6.48. The predicted octanol–water partition coefficient (Wildman–Crippen LogP) is 3.49. The molecule has 0 unspecified atom stereocenters. The van der Waals surface area contributed by atoms with Gasteiger partial charge < -0.3 is 10.5 Å². The van der Waals surface area contributed by atoms with Crippen LogP contribution in [0.1, 0.15) is 5.56 Å². The van der Waals surface area contributed by atoms with Crippen molar-refractivity contribution >= 4 is 16.7 Å². The summed E-state index contributed by atoms with van der Waals surface area (Å²) in [7, 11) is 1.46. The Bertz CT molecular complexity index is 1140. The zero-order valence-electron chi connectivity index (χ0n) is 14.5. The normalized spacial score (nSPS) is 11.7. The highest BCUT2D eigenvalue weighted by Crippen LogP contribution is 2.33. The fraction of sp³-hybridized carbons (Fsp3) is 0.111. The number of nitrogen functional groups attached to an aromatic ring is 1. The number of nitrogens with zero attached hydrogens (tertiary/aromatic N) is 5. The minimum Gasteiger partial charge on any atom is -0.480 e. The van der Waals surface area contributed by atoms with E-state index in [1.807, 2.05) is 0 Å². The lowest BCUT2D eigenvalue weighted by atomic mass is 10.2. The summed E-state index contributed by atoms with van der Waals surface area (Å²) in [5.74, 6) is 0.977. The molecule has 0 aliphatic carbocycles. The number of alkyl halides is 3. The van der Waals surface area contributed by atoms with Gasteiger partial charge in [-0.25, -0.2) is 4.98 Å². The van der Waals surface area contributed by atoms with Crippen LogP contribution in [0.4, 0.5) is 18.9 Å². The number of methoxy groups -OCH3 is 1. The lowest BCUT2D eigenvalue weighted by Crippen LogP contribution is -2.05. The number of aromatic nitrogens is 5. The largest absolute Gasteiger partial charge is 0.480 e. The third-order valence-corrected chi connectivity index (χ3v) is 4.06. The Balaban J connectivity index is 1.98. The number of halogens is 3. The molecule has 0 saturated heterocycles. The van der Waals surface area contributed by atoms with Gasteiger partial charge in [-0.1, -0.05) is 0 Å². The summed E-state index contributed by atoms with van der Waals surface area (Å²) in [5, 5.41) is 8.01. The van der Waals surface area contributed by atoms with Gasteiger partial charge in [0.1, 0.15) is 5.69 Å². The number of anilines is 1. The van der Waals surface area contributed by atoms with Crippen molar-refractivity contribution in [2.45, 2.75) is 6.18 Å². The highest BCUT2D eigenvalue weighted by molar-refractivity contribution is 5.83. The maximum Gasteiger partial charge on any atom is 0.416 e. The number of ether oxygens (including phenoxy) is 1. The number of benzene rings is 1. The number of pyridine rings is 1. The first kappa shape index (κ1) is 17.7. The molecule has 0 bridgehead atoms. The topological polar surface area (TPSA) is 91.7 Å². The van der Waals surface area contributed by atoms with E-state index in [-0.39, 0.29) is 5.52 Å². The fourth-order valence-electron chi connectivity index (χ4n) is 2.74. The van der Waals surface area contributed by atoms with E-state index < -0.39 is 11.7 Å². The molecule has 0 amide bonds. The lowest BCUT2D eigenvalue weighted by Gasteiger charge is -2.09. The van der Waals surface area contributed by atoms with Crippen LogP contribution in [0.15, 0.2) is 48.7 Å². The molecule has 7 nitrogen and oxygen atoms in total. The van der Waals surface area contributed by atoms with Crippen LogP contribution in [0, 0.1) is 0 Å². The molecule has 28 heavy (non-hydrogen) atoms. The third-order valence-electron chi connectivity index (χ3n) is 4.06. The van der Waals surface area contributed by atoms with Crippen LogP contribution < -0.4 is 10.5 Å². The Morgan fingerprint density at radius 1 is 1.04 bits per heavy atom. The predicted molar refractivity (Wildman–Crippen MR) is 95.9 cm³/mol. The molecule has 10 heteroatoms. The molecular formula is C18H13F3N6O. The molecule has 1 aromatic carbocycles. The van der Waals surface area contributed by atoms with E-state index in [1.54, 1.807) is 28.8 Å². The summed E-state index contributed by atoms with van der Waals surface area (Å²) in [4.78, 5) is 8.60. The number of imidazole rings is 1. The van der Waals surface area contributed by atoms with Crippen LogP contribution in [0.5, 0.6) is 5.88 Å². The summed E-state index contributed by atoms with van der Waals surface area (Å²) < 4.78 is 45.9. The highest BCUT2D eigenvalue weighted by atomic mass is 19.4. The first-order valence-electron chi connectivity index (χ1n) is 8.06. The minimum atomic E-state index is -4.47. The number of hydrogen-bond donors (Lipinski definition) is 1. The van der Waals surface area contributed by atoms with E-state index in [1.165, 1.54) is 19.4 Å². The molecule has 0 aliphatic heterocycles. The average molecular weight is 386 g/mol. The highest BCUT2D eigenvalue weighted by Gasteiger charge is 2.31. The Kier molecular flexibility index (Phi) is 4.10. The number of nitrogens with two attached hydrogens (primary N) is 1. The van der Waals surface area contributed by atoms with Gasteiger partial charge in [0.15, 0.2) is 11.6 Å². The van der Waals surface area contributed by atoms with Crippen molar-refractivity contribution in [1.29, 1.82) is 0 Å². The van der Waals surface area contributed by atoms with E-state index in [0.29, 0.717) is 34.4 Å². The molecule has 4 rings (SSSR count). The summed E-state index contributed by atoms with van der Waals surface area (Å²) in [6.45, 7) is 0. The van der Waals surface area contributed by atoms with Crippen LogP contribution >= 0.6 is 0 Å². The van der Waals surface area contributed by atoms with E-state index in [0.717, 1.165) is 12.1 Å². The molecule has 4 aromatic rings. The van der Waals surface area contributed by atoms with Gasteiger partial charge in [-0.2, -0.15) is 13.2 Å². The fourth-order valence-corrected chi connectivity index (χ4v) is 2.74. The SMILES string of the molecule is COc1ccc(-n2c(-c3ccc(N)cn3)nc3cc(C(F)(F)F)ccc32)nn1. The van der Waals surface area contributed by atoms with Gasteiger partial charge in [0.2, 0.25) is 5.88 Å². The molecule has 0 radical (unpaired) electrons. The standard InChI is InChI=1S/C18H13F3N6O/c1-28-16-7-6-15(25-26-16)27-14-5-2-10(18(19,20)21)8-13(14)24-17(27)12-4-3-11(22)9-23-12/h2-9H,22H2,1H3. The molecule has 0 fully saturated rings.